The maximum atomic E-state index is 13.1. The molecule has 0 heterocycles. The van der Waals surface area contributed by atoms with E-state index in [1.165, 1.54) is 122 Å². The predicted molar refractivity (Wildman–Crippen MR) is 436 cm³/mol. The fourth-order valence-electron chi connectivity index (χ4n) is 11.2. The monoisotopic (exact) mass is 1530 g/mol. The number of carbonyl (C=O) groups excluding carboxylic acids is 4. The van der Waals surface area contributed by atoms with Crippen molar-refractivity contribution in [3.05, 3.63) is 122 Å². The average Bonchev–Trinajstić information content (AvgIpc) is 0.903. The van der Waals surface area contributed by atoms with Crippen LogP contribution in [0.2, 0.25) is 0 Å². The van der Waals surface area contributed by atoms with Crippen molar-refractivity contribution in [3.8, 4) is 0 Å². The minimum atomic E-state index is -5.00. The zero-order valence-corrected chi connectivity index (χ0v) is 68.6. The Hall–Kier alpha value is -4.54. The number of phosphoric acid groups is 2. The molecule has 2 unspecified atom stereocenters. The van der Waals surface area contributed by atoms with Crippen molar-refractivity contribution in [2.24, 2.45) is 0 Å². The van der Waals surface area contributed by atoms with Gasteiger partial charge in [0.2, 0.25) is 0 Å². The maximum absolute atomic E-state index is 13.1. The summed E-state index contributed by atoms with van der Waals surface area (Å²) in [5.41, 5.74) is 0. The summed E-state index contributed by atoms with van der Waals surface area (Å²) >= 11 is 0. The maximum Gasteiger partial charge on any atom is 0.472 e. The van der Waals surface area contributed by atoms with Crippen molar-refractivity contribution in [1.29, 1.82) is 0 Å². The molecule has 0 aliphatic heterocycles. The molecular formula is C87H150O17P2. The highest BCUT2D eigenvalue weighted by atomic mass is 31.2. The van der Waals surface area contributed by atoms with Gasteiger partial charge in [0.05, 0.1) is 26.4 Å². The van der Waals surface area contributed by atoms with Gasteiger partial charge in [0, 0.05) is 25.7 Å². The highest BCUT2D eigenvalue weighted by Crippen LogP contribution is 2.45. The molecule has 106 heavy (non-hydrogen) atoms. The third-order valence-electron chi connectivity index (χ3n) is 17.5. The Morgan fingerprint density at radius 2 is 0.491 bits per heavy atom. The Bertz CT molecular complexity index is 2480. The molecule has 0 amide bonds. The number of phosphoric ester groups is 2. The molecule has 5 atom stereocenters. The minimum Gasteiger partial charge on any atom is -0.462 e. The summed E-state index contributed by atoms with van der Waals surface area (Å²) in [6, 6.07) is 0. The lowest BCUT2D eigenvalue weighted by molar-refractivity contribution is -0.161. The van der Waals surface area contributed by atoms with E-state index in [2.05, 4.69) is 149 Å². The summed E-state index contributed by atoms with van der Waals surface area (Å²) in [5, 5.41) is 10.7. The summed E-state index contributed by atoms with van der Waals surface area (Å²) < 4.78 is 68.7. The zero-order valence-electron chi connectivity index (χ0n) is 66.8. The summed E-state index contributed by atoms with van der Waals surface area (Å²) in [5.74, 6) is -2.23. The molecule has 0 fully saturated rings. The topological polar surface area (TPSA) is 237 Å². The van der Waals surface area contributed by atoms with Gasteiger partial charge in [-0.15, -0.1) is 0 Å². The van der Waals surface area contributed by atoms with Gasteiger partial charge in [-0.3, -0.25) is 37.3 Å². The second-order valence-electron chi connectivity index (χ2n) is 27.7. The van der Waals surface area contributed by atoms with E-state index in [-0.39, 0.29) is 25.7 Å². The number of hydrogen-bond donors (Lipinski definition) is 3. The number of rotatable bonds is 78. The van der Waals surface area contributed by atoms with Gasteiger partial charge in [-0.1, -0.05) is 329 Å². The molecule has 0 aliphatic carbocycles. The van der Waals surface area contributed by atoms with Crippen molar-refractivity contribution in [1.82, 2.24) is 0 Å². The van der Waals surface area contributed by atoms with Gasteiger partial charge in [-0.2, -0.15) is 0 Å². The van der Waals surface area contributed by atoms with Crippen molar-refractivity contribution < 1.29 is 80.2 Å². The molecule has 0 rings (SSSR count). The number of aliphatic hydroxyl groups is 1. The molecule has 0 aromatic rings. The fraction of sp³-hybridized carbons (Fsp3) is 0.724. The third kappa shape index (κ3) is 77.6. The number of unbranched alkanes of at least 4 members (excludes halogenated alkanes) is 32. The number of carbonyl (C=O) groups is 4. The van der Waals surface area contributed by atoms with E-state index in [1.54, 1.807) is 0 Å². The Kier molecular flexibility index (Phi) is 75.2. The number of hydrogen-bond acceptors (Lipinski definition) is 15. The first-order valence-corrected chi connectivity index (χ1v) is 44.8. The average molecular weight is 1530 g/mol. The number of allylic oxidation sites excluding steroid dienone is 20. The van der Waals surface area contributed by atoms with E-state index in [9.17, 15) is 43.2 Å². The lowest BCUT2D eigenvalue weighted by Crippen LogP contribution is -2.30. The van der Waals surface area contributed by atoms with Crippen LogP contribution in [-0.2, 0) is 65.4 Å². The zero-order chi connectivity index (χ0) is 77.4. The van der Waals surface area contributed by atoms with Crippen LogP contribution in [0.3, 0.4) is 0 Å². The third-order valence-corrected chi connectivity index (χ3v) is 19.4. The number of ether oxygens (including phenoxy) is 4. The van der Waals surface area contributed by atoms with Crippen LogP contribution in [0.1, 0.15) is 349 Å². The van der Waals surface area contributed by atoms with Crippen LogP contribution < -0.4 is 0 Å². The Morgan fingerprint density at radius 3 is 0.755 bits per heavy atom. The first-order valence-electron chi connectivity index (χ1n) is 41.8. The lowest BCUT2D eigenvalue weighted by Gasteiger charge is -2.21. The van der Waals surface area contributed by atoms with Gasteiger partial charge in [-0.25, -0.2) is 9.13 Å². The molecule has 17 nitrogen and oxygen atoms in total. The Labute approximate surface area is 644 Å². The minimum absolute atomic E-state index is 0.0459. The molecule has 0 aliphatic rings. The van der Waals surface area contributed by atoms with Gasteiger partial charge in [0.1, 0.15) is 19.3 Å². The summed E-state index contributed by atoms with van der Waals surface area (Å²) in [6.45, 7) is 4.63. The predicted octanol–water partition coefficient (Wildman–Crippen LogP) is 24.7. The highest BCUT2D eigenvalue weighted by Gasteiger charge is 2.30. The molecule has 19 heteroatoms. The molecule has 0 radical (unpaired) electrons. The van der Waals surface area contributed by atoms with Crippen LogP contribution in [0, 0.1) is 0 Å². The SMILES string of the molecule is CC/C=C\C/C=C\C/C=C\C/C=C\C/C=C\CCCCCC(=O)OC[C@H](COP(=O)(O)OC[C@@H](O)COP(=O)(O)OC[C@@H](COC(=O)CCCCCCCCCCCCCCC)OC(=O)CCCCCCCCCCCCCCCCC)OC(=O)CCCCC/C=C\C/C=C\C/C=C\C/C=C\C/C=C\CC. The molecule has 3 N–H and O–H groups in total. The molecule has 610 valence electrons. The first-order chi connectivity index (χ1) is 51.7. The van der Waals surface area contributed by atoms with Crippen LogP contribution in [-0.4, -0.2) is 96.7 Å². The number of aliphatic hydroxyl groups excluding tert-OH is 1. The van der Waals surface area contributed by atoms with E-state index < -0.39 is 97.5 Å². The summed E-state index contributed by atoms with van der Waals surface area (Å²) in [7, 11) is -9.98. The molecule has 0 bridgehead atoms. The first kappa shape index (κ1) is 101. The van der Waals surface area contributed by atoms with Crippen molar-refractivity contribution in [2.45, 2.75) is 367 Å². The lowest BCUT2D eigenvalue weighted by atomic mass is 10.0. The fourth-order valence-corrected chi connectivity index (χ4v) is 12.7. The van der Waals surface area contributed by atoms with E-state index in [1.807, 2.05) is 0 Å². The quantitative estimate of drug-likeness (QED) is 0.0169. The highest BCUT2D eigenvalue weighted by molar-refractivity contribution is 7.47. The molecule has 0 spiro atoms. The molecular weight excluding hydrogens is 1380 g/mol. The van der Waals surface area contributed by atoms with Crippen LogP contribution in [0.15, 0.2) is 122 Å². The molecule has 0 saturated carbocycles. The standard InChI is InChI=1S/C87H150O17P2/c1-5-9-13-17-21-25-29-33-36-38-40-42-45-48-52-56-60-64-68-72-85(90)98-78-83(104-87(92)74-70-66-62-58-54-50-46-43-41-39-37-34-30-26-22-18-14-10-6-2)80-102-106(95,96)100-76-81(88)75-99-105(93,94)101-79-82(77-97-84(89)71-67-63-59-55-51-47-32-28-24-20-16-12-8-4)103-86(91)73-69-65-61-57-53-49-44-35-31-27-23-19-15-11-7-3/h9-10,13-14,21-22,25-26,33-34,36-37,40-43,48,50,52,54,81-83,88H,5-8,11-12,15-20,23-24,27-32,35,38-39,44-47,49,51,53,55-80H2,1-4H3,(H,93,94)(H,95,96)/b13-9-,14-10-,25-21-,26-22-,36-33-,37-34-,42-40-,43-41-,52-48-,54-50-/t81-,82+,83+/m0/s1. The smallest absolute Gasteiger partial charge is 0.462 e. The Balaban J connectivity index is 5.42. The molecule has 0 aromatic heterocycles. The Morgan fingerprint density at radius 1 is 0.274 bits per heavy atom. The van der Waals surface area contributed by atoms with Crippen LogP contribution in [0.5, 0.6) is 0 Å². The van der Waals surface area contributed by atoms with E-state index in [0.717, 1.165) is 148 Å². The van der Waals surface area contributed by atoms with Crippen molar-refractivity contribution >= 4 is 39.5 Å². The second-order valence-corrected chi connectivity index (χ2v) is 30.6. The van der Waals surface area contributed by atoms with Crippen LogP contribution in [0.4, 0.5) is 0 Å². The van der Waals surface area contributed by atoms with Gasteiger partial charge in [0.25, 0.3) is 0 Å². The number of esters is 4. The van der Waals surface area contributed by atoms with Crippen LogP contribution >= 0.6 is 15.6 Å². The van der Waals surface area contributed by atoms with Crippen molar-refractivity contribution in [3.63, 3.8) is 0 Å². The van der Waals surface area contributed by atoms with Gasteiger partial charge < -0.3 is 33.8 Å². The summed E-state index contributed by atoms with van der Waals surface area (Å²) in [4.78, 5) is 73.1. The molecule has 0 saturated heterocycles. The van der Waals surface area contributed by atoms with Gasteiger partial charge in [-0.05, 0) is 116 Å². The normalized spacial score (nSPS) is 14.4. The molecule has 0 aromatic carbocycles. The second kappa shape index (κ2) is 78.6. The van der Waals surface area contributed by atoms with Crippen LogP contribution in [0.25, 0.3) is 0 Å². The van der Waals surface area contributed by atoms with Gasteiger partial charge >= 0.3 is 39.5 Å². The van der Waals surface area contributed by atoms with E-state index in [0.29, 0.717) is 25.7 Å². The van der Waals surface area contributed by atoms with Gasteiger partial charge in [0.15, 0.2) is 12.2 Å². The summed E-state index contributed by atoms with van der Waals surface area (Å²) in [6.07, 6.45) is 87.4. The van der Waals surface area contributed by atoms with E-state index >= 15 is 0 Å². The van der Waals surface area contributed by atoms with E-state index in [4.69, 9.17) is 37.0 Å². The largest absolute Gasteiger partial charge is 0.472 e. The van der Waals surface area contributed by atoms with Crippen molar-refractivity contribution in [2.75, 3.05) is 39.6 Å².